The molecule has 3 aromatic rings. The predicted octanol–water partition coefficient (Wildman–Crippen LogP) is 2.76. The van der Waals surface area contributed by atoms with Gasteiger partial charge in [-0.2, -0.15) is 18.3 Å². The number of fused-ring (bicyclic) bond motifs is 1. The van der Waals surface area contributed by atoms with Crippen molar-refractivity contribution in [1.82, 2.24) is 24.7 Å². The topological polar surface area (TPSA) is 56.5 Å². The Hall–Kier alpha value is -2.51. The first-order valence-corrected chi connectivity index (χ1v) is 6.12. The average Bonchev–Trinajstić information content (AvgIpc) is 2.77. The van der Waals surface area contributed by atoms with Crippen LogP contribution in [0.4, 0.5) is 13.2 Å². The summed E-state index contributed by atoms with van der Waals surface area (Å²) in [7, 11) is 0. The second-order valence-corrected chi connectivity index (χ2v) is 4.52. The summed E-state index contributed by atoms with van der Waals surface area (Å²) in [4.78, 5) is 12.3. The maximum atomic E-state index is 12.6. The highest BCUT2D eigenvalue weighted by atomic mass is 19.4. The van der Waals surface area contributed by atoms with Gasteiger partial charge in [0.2, 0.25) is 0 Å². The SMILES string of the molecule is Cc1nc(-c2ccc3nccnc3c2)n(CC(F)(F)F)n1. The Bertz CT molecular complexity index is 794. The molecule has 0 aliphatic rings. The van der Waals surface area contributed by atoms with Crippen LogP contribution in [0, 0.1) is 6.92 Å². The molecule has 5 nitrogen and oxygen atoms in total. The Morgan fingerprint density at radius 1 is 1.10 bits per heavy atom. The molecular weight excluding hydrogens is 283 g/mol. The van der Waals surface area contributed by atoms with E-state index in [2.05, 4.69) is 20.1 Å². The van der Waals surface area contributed by atoms with Crippen LogP contribution in [0.1, 0.15) is 5.82 Å². The van der Waals surface area contributed by atoms with Crippen LogP contribution in [0.2, 0.25) is 0 Å². The van der Waals surface area contributed by atoms with Crippen molar-refractivity contribution in [2.24, 2.45) is 0 Å². The number of benzene rings is 1. The molecule has 1 aromatic carbocycles. The van der Waals surface area contributed by atoms with E-state index in [1.54, 1.807) is 31.3 Å². The van der Waals surface area contributed by atoms with Crippen molar-refractivity contribution in [3.05, 3.63) is 36.4 Å². The quantitative estimate of drug-likeness (QED) is 0.729. The van der Waals surface area contributed by atoms with Crippen LogP contribution >= 0.6 is 0 Å². The average molecular weight is 293 g/mol. The predicted molar refractivity (Wildman–Crippen MR) is 69.3 cm³/mol. The standard InChI is InChI=1S/C13H10F3N5/c1-8-19-12(21(20-8)7-13(14,15)16)9-2-3-10-11(6-9)18-5-4-17-10/h2-6H,7H2,1H3. The summed E-state index contributed by atoms with van der Waals surface area (Å²) in [6.07, 6.45) is -1.28. The lowest BCUT2D eigenvalue weighted by molar-refractivity contribution is -0.142. The van der Waals surface area contributed by atoms with Crippen molar-refractivity contribution in [3.63, 3.8) is 0 Å². The molecule has 21 heavy (non-hydrogen) atoms. The second kappa shape index (κ2) is 4.80. The van der Waals surface area contributed by atoms with Gasteiger partial charge >= 0.3 is 6.18 Å². The van der Waals surface area contributed by atoms with E-state index in [4.69, 9.17) is 0 Å². The number of rotatable bonds is 2. The zero-order chi connectivity index (χ0) is 15.0. The molecule has 108 valence electrons. The molecule has 0 saturated carbocycles. The van der Waals surface area contributed by atoms with Crippen molar-refractivity contribution < 1.29 is 13.2 Å². The van der Waals surface area contributed by atoms with Crippen molar-refractivity contribution >= 4 is 11.0 Å². The van der Waals surface area contributed by atoms with Crippen LogP contribution in [0.3, 0.4) is 0 Å². The van der Waals surface area contributed by atoms with Crippen LogP contribution in [0.15, 0.2) is 30.6 Å². The normalized spacial score (nSPS) is 12.0. The van der Waals surface area contributed by atoms with Crippen LogP contribution in [0.25, 0.3) is 22.4 Å². The van der Waals surface area contributed by atoms with Crippen molar-refractivity contribution in [3.8, 4) is 11.4 Å². The fourth-order valence-corrected chi connectivity index (χ4v) is 2.05. The summed E-state index contributed by atoms with van der Waals surface area (Å²) in [6.45, 7) is 0.374. The first-order chi connectivity index (χ1) is 9.92. The Kier molecular flexibility index (Phi) is 3.08. The zero-order valence-electron chi connectivity index (χ0n) is 11.0. The lowest BCUT2D eigenvalue weighted by Crippen LogP contribution is -2.19. The first kappa shape index (κ1) is 13.5. The number of aromatic nitrogens is 5. The van der Waals surface area contributed by atoms with Crippen LogP contribution < -0.4 is 0 Å². The van der Waals surface area contributed by atoms with Crippen LogP contribution in [-0.2, 0) is 6.54 Å². The first-order valence-electron chi connectivity index (χ1n) is 6.12. The monoisotopic (exact) mass is 293 g/mol. The van der Waals surface area contributed by atoms with Crippen LogP contribution in [0.5, 0.6) is 0 Å². The van der Waals surface area contributed by atoms with Gasteiger partial charge in [0.25, 0.3) is 0 Å². The molecule has 0 amide bonds. The number of nitrogens with zero attached hydrogens (tertiary/aromatic N) is 5. The minimum atomic E-state index is -4.36. The minimum absolute atomic E-state index is 0.164. The summed E-state index contributed by atoms with van der Waals surface area (Å²) in [6, 6.07) is 5.01. The summed E-state index contributed by atoms with van der Waals surface area (Å²) < 4.78 is 38.6. The number of hydrogen-bond acceptors (Lipinski definition) is 4. The summed E-state index contributed by atoms with van der Waals surface area (Å²) >= 11 is 0. The molecule has 8 heteroatoms. The van der Waals surface area contributed by atoms with E-state index in [1.165, 1.54) is 6.20 Å². The third kappa shape index (κ3) is 2.83. The van der Waals surface area contributed by atoms with Gasteiger partial charge in [-0.1, -0.05) is 0 Å². The third-order valence-corrected chi connectivity index (χ3v) is 2.83. The molecule has 0 spiro atoms. The highest BCUT2D eigenvalue weighted by Crippen LogP contribution is 2.24. The van der Waals surface area contributed by atoms with E-state index in [0.29, 0.717) is 16.6 Å². The molecule has 0 aliphatic heterocycles. The highest BCUT2D eigenvalue weighted by molar-refractivity contribution is 5.79. The Labute approximate surface area is 117 Å². The molecule has 0 radical (unpaired) electrons. The minimum Gasteiger partial charge on any atom is -0.253 e. The Morgan fingerprint density at radius 3 is 2.52 bits per heavy atom. The highest BCUT2D eigenvalue weighted by Gasteiger charge is 2.30. The molecule has 0 saturated heterocycles. The van der Waals surface area contributed by atoms with E-state index in [0.717, 1.165) is 4.68 Å². The molecule has 0 aliphatic carbocycles. The van der Waals surface area contributed by atoms with Gasteiger partial charge in [-0.3, -0.25) is 9.97 Å². The van der Waals surface area contributed by atoms with Crippen molar-refractivity contribution in [2.75, 3.05) is 0 Å². The van der Waals surface area contributed by atoms with Gasteiger partial charge in [-0.15, -0.1) is 0 Å². The van der Waals surface area contributed by atoms with Gasteiger partial charge in [0.05, 0.1) is 11.0 Å². The number of hydrogen-bond donors (Lipinski definition) is 0. The number of halogens is 3. The van der Waals surface area contributed by atoms with E-state index >= 15 is 0 Å². The summed E-state index contributed by atoms with van der Waals surface area (Å²) in [5, 5.41) is 3.80. The molecule has 2 aromatic heterocycles. The van der Waals surface area contributed by atoms with Gasteiger partial charge in [0.15, 0.2) is 5.82 Å². The fourth-order valence-electron chi connectivity index (χ4n) is 2.05. The lowest BCUT2D eigenvalue weighted by atomic mass is 10.2. The maximum Gasteiger partial charge on any atom is 0.408 e. The molecule has 2 heterocycles. The van der Waals surface area contributed by atoms with E-state index in [1.807, 2.05) is 0 Å². The zero-order valence-corrected chi connectivity index (χ0v) is 11.0. The lowest BCUT2D eigenvalue weighted by Gasteiger charge is -2.09. The van der Waals surface area contributed by atoms with Crippen LogP contribution in [-0.4, -0.2) is 30.9 Å². The number of alkyl halides is 3. The maximum absolute atomic E-state index is 12.6. The smallest absolute Gasteiger partial charge is 0.253 e. The Balaban J connectivity index is 2.09. The molecule has 0 N–H and O–H groups in total. The third-order valence-electron chi connectivity index (χ3n) is 2.83. The van der Waals surface area contributed by atoms with Gasteiger partial charge in [-0.25, -0.2) is 9.67 Å². The van der Waals surface area contributed by atoms with E-state index in [9.17, 15) is 13.2 Å². The Morgan fingerprint density at radius 2 is 1.81 bits per heavy atom. The van der Waals surface area contributed by atoms with Gasteiger partial charge < -0.3 is 0 Å². The second-order valence-electron chi connectivity index (χ2n) is 4.52. The van der Waals surface area contributed by atoms with Crippen molar-refractivity contribution in [2.45, 2.75) is 19.6 Å². The molecule has 0 bridgehead atoms. The summed E-state index contributed by atoms with van der Waals surface area (Å²) in [5.41, 5.74) is 1.78. The van der Waals surface area contributed by atoms with Gasteiger partial charge in [0.1, 0.15) is 12.4 Å². The van der Waals surface area contributed by atoms with E-state index < -0.39 is 12.7 Å². The van der Waals surface area contributed by atoms with Crippen molar-refractivity contribution in [1.29, 1.82) is 0 Å². The molecule has 0 unspecified atom stereocenters. The molecular formula is C13H10F3N5. The molecule has 0 fully saturated rings. The fraction of sp³-hybridized carbons (Fsp3) is 0.231. The largest absolute Gasteiger partial charge is 0.408 e. The summed E-state index contributed by atoms with van der Waals surface area (Å²) in [5.74, 6) is 0.450. The van der Waals surface area contributed by atoms with Gasteiger partial charge in [0, 0.05) is 18.0 Å². The molecule has 3 rings (SSSR count). The molecule has 0 atom stereocenters. The van der Waals surface area contributed by atoms with E-state index in [-0.39, 0.29) is 11.6 Å². The van der Waals surface area contributed by atoms with Gasteiger partial charge in [-0.05, 0) is 25.1 Å². The number of aryl methyl sites for hydroxylation is 1.